The van der Waals surface area contributed by atoms with Gasteiger partial charge in [0.15, 0.2) is 0 Å². The molecular weight excluding hydrogens is 308 g/mol. The number of para-hydroxylation sites is 2. The molecule has 0 radical (unpaired) electrons. The molecule has 0 unspecified atom stereocenters. The van der Waals surface area contributed by atoms with Gasteiger partial charge in [-0.15, -0.1) is 0 Å². The van der Waals surface area contributed by atoms with Crippen LogP contribution in [0, 0.1) is 0 Å². The summed E-state index contributed by atoms with van der Waals surface area (Å²) in [5.41, 5.74) is 1.07. The van der Waals surface area contributed by atoms with Crippen LogP contribution in [0.3, 0.4) is 0 Å². The molecule has 1 aromatic carbocycles. The first-order valence-electron chi connectivity index (χ1n) is 8.32. The summed E-state index contributed by atoms with van der Waals surface area (Å²) in [5, 5.41) is 2.78. The fraction of sp³-hybridized carbons (Fsp3) is 0.529. The van der Waals surface area contributed by atoms with Crippen LogP contribution in [-0.4, -0.2) is 81.1 Å². The maximum absolute atomic E-state index is 12.4. The molecule has 0 saturated carbocycles. The predicted molar refractivity (Wildman–Crippen MR) is 91.2 cm³/mol. The van der Waals surface area contributed by atoms with Gasteiger partial charge >= 0.3 is 0 Å². The molecule has 2 fully saturated rings. The summed E-state index contributed by atoms with van der Waals surface area (Å²) in [4.78, 5) is 29.9. The smallest absolute Gasteiger partial charge is 0.236 e. The molecule has 7 heteroatoms. The summed E-state index contributed by atoms with van der Waals surface area (Å²) in [6.45, 7) is 4.94. The highest BCUT2D eigenvalue weighted by Crippen LogP contribution is 2.28. The molecule has 2 saturated heterocycles. The fourth-order valence-electron chi connectivity index (χ4n) is 3.21. The highest BCUT2D eigenvalue weighted by atomic mass is 16.5. The van der Waals surface area contributed by atoms with Crippen molar-refractivity contribution in [3.05, 3.63) is 24.3 Å². The highest BCUT2D eigenvalue weighted by molar-refractivity contribution is 5.82. The first-order chi connectivity index (χ1) is 11.7. The van der Waals surface area contributed by atoms with Gasteiger partial charge in [-0.1, -0.05) is 12.1 Å². The van der Waals surface area contributed by atoms with Crippen LogP contribution in [0.15, 0.2) is 24.3 Å². The molecule has 0 spiro atoms. The zero-order valence-corrected chi connectivity index (χ0v) is 14.0. The highest BCUT2D eigenvalue weighted by Gasteiger charge is 2.25. The number of methoxy groups -OCH3 is 1. The molecule has 2 amide bonds. The van der Waals surface area contributed by atoms with Crippen molar-refractivity contribution < 1.29 is 14.3 Å². The summed E-state index contributed by atoms with van der Waals surface area (Å²) in [5.74, 6) is 0.955. The van der Waals surface area contributed by atoms with Crippen LogP contribution in [0.4, 0.5) is 5.69 Å². The monoisotopic (exact) mass is 332 g/mol. The van der Waals surface area contributed by atoms with E-state index in [1.54, 1.807) is 7.11 Å². The van der Waals surface area contributed by atoms with E-state index in [9.17, 15) is 9.59 Å². The molecule has 1 N–H and O–H groups in total. The van der Waals surface area contributed by atoms with Crippen molar-refractivity contribution in [2.24, 2.45) is 0 Å². The normalized spacial score (nSPS) is 19.1. The molecule has 0 aromatic heterocycles. The Labute approximate surface area is 142 Å². The second-order valence-corrected chi connectivity index (χ2v) is 6.10. The van der Waals surface area contributed by atoms with E-state index in [-0.39, 0.29) is 11.8 Å². The number of ether oxygens (including phenoxy) is 1. The minimum absolute atomic E-state index is 0.00459. The van der Waals surface area contributed by atoms with Gasteiger partial charge in [-0.2, -0.15) is 0 Å². The van der Waals surface area contributed by atoms with E-state index < -0.39 is 0 Å². The number of carbonyl (C=O) groups excluding carboxylic acids is 2. The summed E-state index contributed by atoms with van der Waals surface area (Å²) >= 11 is 0. The minimum atomic E-state index is -0.00459. The average molecular weight is 332 g/mol. The Morgan fingerprint density at radius 3 is 2.62 bits per heavy atom. The molecular formula is C17H24N4O3. The van der Waals surface area contributed by atoms with Gasteiger partial charge in [0.25, 0.3) is 0 Å². The van der Waals surface area contributed by atoms with Crippen LogP contribution in [0.2, 0.25) is 0 Å². The van der Waals surface area contributed by atoms with E-state index in [1.165, 1.54) is 0 Å². The van der Waals surface area contributed by atoms with E-state index in [4.69, 9.17) is 4.74 Å². The van der Waals surface area contributed by atoms with E-state index >= 15 is 0 Å². The Morgan fingerprint density at radius 2 is 1.92 bits per heavy atom. The Hall–Kier alpha value is -2.28. The van der Waals surface area contributed by atoms with Gasteiger partial charge in [-0.3, -0.25) is 14.5 Å². The summed E-state index contributed by atoms with van der Waals surface area (Å²) in [6, 6.07) is 7.95. The standard InChI is InChI=1S/C17H24N4O3/c1-24-15-5-3-2-4-14(15)20-8-10-21(11-9-20)17(23)13-19-7-6-18-16(22)12-19/h2-5H,6-13H2,1H3,(H,18,22). The molecule has 2 aliphatic rings. The van der Waals surface area contributed by atoms with Gasteiger partial charge in [-0.05, 0) is 12.1 Å². The Balaban J connectivity index is 1.53. The SMILES string of the molecule is COc1ccccc1N1CCN(C(=O)CN2CCNC(=O)C2)CC1. The van der Waals surface area contributed by atoms with Gasteiger partial charge in [0.1, 0.15) is 5.75 Å². The topological polar surface area (TPSA) is 65.1 Å². The summed E-state index contributed by atoms with van der Waals surface area (Å²) < 4.78 is 5.42. The number of anilines is 1. The quantitative estimate of drug-likeness (QED) is 0.826. The van der Waals surface area contributed by atoms with Gasteiger partial charge in [0.2, 0.25) is 11.8 Å². The molecule has 2 heterocycles. The van der Waals surface area contributed by atoms with Gasteiger partial charge < -0.3 is 19.9 Å². The average Bonchev–Trinajstić information content (AvgIpc) is 2.62. The molecule has 0 aliphatic carbocycles. The van der Waals surface area contributed by atoms with Crippen LogP contribution >= 0.6 is 0 Å². The number of amides is 2. The zero-order chi connectivity index (χ0) is 16.9. The molecule has 0 atom stereocenters. The van der Waals surface area contributed by atoms with Crippen LogP contribution in [-0.2, 0) is 9.59 Å². The van der Waals surface area contributed by atoms with E-state index in [0.717, 1.165) is 31.1 Å². The van der Waals surface area contributed by atoms with Crippen molar-refractivity contribution in [1.29, 1.82) is 0 Å². The van der Waals surface area contributed by atoms with Crippen LogP contribution in [0.25, 0.3) is 0 Å². The maximum Gasteiger partial charge on any atom is 0.236 e. The predicted octanol–water partition coefficient (Wildman–Crippen LogP) is -0.224. The van der Waals surface area contributed by atoms with Gasteiger partial charge in [0, 0.05) is 39.3 Å². The summed E-state index contributed by atoms with van der Waals surface area (Å²) in [6.07, 6.45) is 0. The lowest BCUT2D eigenvalue weighted by atomic mass is 10.2. The Bertz CT molecular complexity index is 599. The number of carbonyl (C=O) groups is 2. The number of rotatable bonds is 4. The third-order valence-electron chi connectivity index (χ3n) is 4.53. The van der Waals surface area contributed by atoms with E-state index in [0.29, 0.717) is 32.7 Å². The zero-order valence-electron chi connectivity index (χ0n) is 14.0. The minimum Gasteiger partial charge on any atom is -0.495 e. The Morgan fingerprint density at radius 1 is 1.17 bits per heavy atom. The third kappa shape index (κ3) is 3.79. The molecule has 130 valence electrons. The number of piperazine rings is 2. The molecule has 2 aliphatic heterocycles. The number of benzene rings is 1. The second-order valence-electron chi connectivity index (χ2n) is 6.10. The lowest BCUT2D eigenvalue weighted by Gasteiger charge is -2.37. The van der Waals surface area contributed by atoms with Crippen molar-refractivity contribution in [3.63, 3.8) is 0 Å². The first-order valence-corrected chi connectivity index (χ1v) is 8.32. The molecule has 0 bridgehead atoms. The molecule has 7 nitrogen and oxygen atoms in total. The number of hydrogen-bond donors (Lipinski definition) is 1. The Kier molecular flexibility index (Phi) is 5.20. The van der Waals surface area contributed by atoms with Crippen LogP contribution in [0.1, 0.15) is 0 Å². The van der Waals surface area contributed by atoms with Crippen molar-refractivity contribution in [3.8, 4) is 5.75 Å². The lowest BCUT2D eigenvalue weighted by molar-refractivity contribution is -0.134. The van der Waals surface area contributed by atoms with Gasteiger partial charge in [-0.25, -0.2) is 0 Å². The molecule has 1 aromatic rings. The van der Waals surface area contributed by atoms with Crippen LogP contribution < -0.4 is 15.0 Å². The largest absolute Gasteiger partial charge is 0.495 e. The number of hydrogen-bond acceptors (Lipinski definition) is 5. The summed E-state index contributed by atoms with van der Waals surface area (Å²) in [7, 11) is 1.67. The number of nitrogens with one attached hydrogen (secondary N) is 1. The number of nitrogens with zero attached hydrogens (tertiary/aromatic N) is 3. The van der Waals surface area contributed by atoms with Crippen molar-refractivity contribution >= 4 is 17.5 Å². The molecule has 3 rings (SSSR count). The second kappa shape index (κ2) is 7.53. The third-order valence-corrected chi connectivity index (χ3v) is 4.53. The lowest BCUT2D eigenvalue weighted by Crippen LogP contribution is -2.54. The van der Waals surface area contributed by atoms with E-state index in [2.05, 4.69) is 10.2 Å². The first kappa shape index (κ1) is 16.6. The van der Waals surface area contributed by atoms with E-state index in [1.807, 2.05) is 34.1 Å². The fourth-order valence-corrected chi connectivity index (χ4v) is 3.21. The maximum atomic E-state index is 12.4. The van der Waals surface area contributed by atoms with Crippen molar-refractivity contribution in [1.82, 2.24) is 15.1 Å². The molecule has 24 heavy (non-hydrogen) atoms. The van der Waals surface area contributed by atoms with Crippen LogP contribution in [0.5, 0.6) is 5.75 Å². The van der Waals surface area contributed by atoms with Gasteiger partial charge in [0.05, 0.1) is 25.9 Å². The van der Waals surface area contributed by atoms with Crippen molar-refractivity contribution in [2.45, 2.75) is 0 Å². The van der Waals surface area contributed by atoms with Crippen molar-refractivity contribution in [2.75, 3.05) is 64.4 Å².